The molecule has 17 heavy (non-hydrogen) atoms. The summed E-state index contributed by atoms with van der Waals surface area (Å²) in [5.41, 5.74) is 5.82. The topological polar surface area (TPSA) is 87.7 Å². The Hall–Kier alpha value is -2.56. The third-order valence-electron chi connectivity index (χ3n) is 2.38. The fourth-order valence-corrected chi connectivity index (χ4v) is 1.57. The van der Waals surface area contributed by atoms with Gasteiger partial charge < -0.3 is 16.3 Å². The third-order valence-corrected chi connectivity index (χ3v) is 2.38. The van der Waals surface area contributed by atoms with Crippen molar-refractivity contribution in [1.29, 1.82) is 0 Å². The van der Waals surface area contributed by atoms with Crippen LogP contribution in [-0.4, -0.2) is 17.0 Å². The van der Waals surface area contributed by atoms with Crippen LogP contribution in [0.5, 0.6) is 0 Å². The Kier molecular flexibility index (Phi) is 2.91. The monoisotopic (exact) mass is 229 g/mol. The van der Waals surface area contributed by atoms with E-state index in [2.05, 4.69) is 10.5 Å². The first kappa shape index (κ1) is 10.9. The highest BCUT2D eigenvalue weighted by atomic mass is 16.4. The number of rotatable bonds is 1. The van der Waals surface area contributed by atoms with Crippen LogP contribution in [0.1, 0.15) is 0 Å². The Balaban J connectivity index is 2.40. The van der Waals surface area contributed by atoms with Gasteiger partial charge in [0.15, 0.2) is 0 Å². The summed E-state index contributed by atoms with van der Waals surface area (Å²) >= 11 is 0. The average Bonchev–Trinajstić information content (AvgIpc) is 2.38. The van der Waals surface area contributed by atoms with Crippen LogP contribution < -0.4 is 11.1 Å². The van der Waals surface area contributed by atoms with E-state index in [0.717, 1.165) is 10.8 Å². The van der Waals surface area contributed by atoms with Crippen molar-refractivity contribution < 1.29 is 10.0 Å². The fourth-order valence-electron chi connectivity index (χ4n) is 1.57. The lowest BCUT2D eigenvalue weighted by atomic mass is 10.1. The van der Waals surface area contributed by atoms with Gasteiger partial charge in [-0.15, -0.1) is 0 Å². The lowest BCUT2D eigenvalue weighted by molar-refractivity contribution is -0.110. The predicted octanol–water partition coefficient (Wildman–Crippen LogP) is 1.52. The third kappa shape index (κ3) is 2.17. The molecule has 0 radical (unpaired) electrons. The van der Waals surface area contributed by atoms with Gasteiger partial charge in [0.25, 0.3) is 5.91 Å². The highest BCUT2D eigenvalue weighted by molar-refractivity contribution is 6.41. The van der Waals surface area contributed by atoms with Gasteiger partial charge in [0, 0.05) is 11.1 Å². The van der Waals surface area contributed by atoms with E-state index in [0.29, 0.717) is 5.69 Å². The number of carbonyl (C=O) groups is 1. The quantitative estimate of drug-likeness (QED) is 0.300. The molecule has 0 aliphatic rings. The molecule has 0 unspecified atom stereocenters. The van der Waals surface area contributed by atoms with Gasteiger partial charge in [0.2, 0.25) is 5.84 Å². The van der Waals surface area contributed by atoms with Crippen LogP contribution in [-0.2, 0) is 4.79 Å². The molecule has 2 rings (SSSR count). The zero-order valence-electron chi connectivity index (χ0n) is 8.92. The van der Waals surface area contributed by atoms with Crippen LogP contribution >= 0.6 is 0 Å². The van der Waals surface area contributed by atoms with Crippen molar-refractivity contribution in [3.8, 4) is 0 Å². The first-order valence-electron chi connectivity index (χ1n) is 4.99. The largest absolute Gasteiger partial charge is 0.409 e. The number of benzene rings is 2. The first-order valence-corrected chi connectivity index (χ1v) is 4.99. The van der Waals surface area contributed by atoms with Gasteiger partial charge in [-0.1, -0.05) is 41.6 Å². The van der Waals surface area contributed by atoms with Crippen molar-refractivity contribution in [3.05, 3.63) is 42.5 Å². The smallest absolute Gasteiger partial charge is 0.294 e. The number of anilines is 1. The predicted molar refractivity (Wildman–Crippen MR) is 66.0 cm³/mol. The molecule has 0 saturated heterocycles. The normalized spacial score (nSPS) is 11.4. The van der Waals surface area contributed by atoms with Crippen molar-refractivity contribution in [2.24, 2.45) is 10.9 Å². The summed E-state index contributed by atoms with van der Waals surface area (Å²) in [7, 11) is 0. The molecule has 4 N–H and O–H groups in total. The van der Waals surface area contributed by atoms with Crippen LogP contribution in [0, 0.1) is 0 Å². The zero-order chi connectivity index (χ0) is 12.3. The van der Waals surface area contributed by atoms with E-state index in [4.69, 9.17) is 10.9 Å². The molecule has 5 heteroatoms. The van der Waals surface area contributed by atoms with Crippen LogP contribution in [0.15, 0.2) is 47.6 Å². The summed E-state index contributed by atoms with van der Waals surface area (Å²) in [6.07, 6.45) is 0. The van der Waals surface area contributed by atoms with Gasteiger partial charge in [0.1, 0.15) is 0 Å². The van der Waals surface area contributed by atoms with Crippen molar-refractivity contribution in [3.63, 3.8) is 0 Å². The molecule has 0 aromatic heterocycles. The Bertz CT molecular complexity index is 588. The summed E-state index contributed by atoms with van der Waals surface area (Å²) in [5.74, 6) is -1.11. The number of nitrogens with one attached hydrogen (secondary N) is 1. The maximum absolute atomic E-state index is 11.5. The van der Waals surface area contributed by atoms with E-state index in [1.54, 1.807) is 6.07 Å². The van der Waals surface area contributed by atoms with Gasteiger partial charge in [-0.2, -0.15) is 0 Å². The molecule has 2 aromatic carbocycles. The summed E-state index contributed by atoms with van der Waals surface area (Å²) in [5, 5.41) is 15.5. The molecule has 0 saturated carbocycles. The number of hydrogen-bond donors (Lipinski definition) is 3. The number of oxime groups is 1. The minimum Gasteiger partial charge on any atom is -0.409 e. The van der Waals surface area contributed by atoms with Crippen LogP contribution in [0.3, 0.4) is 0 Å². The van der Waals surface area contributed by atoms with E-state index >= 15 is 0 Å². The molecule has 0 aliphatic heterocycles. The van der Waals surface area contributed by atoms with Gasteiger partial charge in [-0.05, 0) is 11.5 Å². The number of nitrogens with two attached hydrogens (primary N) is 1. The highest BCUT2D eigenvalue weighted by Crippen LogP contribution is 2.22. The second kappa shape index (κ2) is 4.52. The summed E-state index contributed by atoms with van der Waals surface area (Å²) in [4.78, 5) is 11.5. The molecule has 1 amide bonds. The minimum atomic E-state index is -0.635. The SMILES string of the molecule is N/C(=N/O)C(=O)Nc1cccc2ccccc12. The zero-order valence-corrected chi connectivity index (χ0v) is 8.92. The van der Waals surface area contributed by atoms with E-state index in [9.17, 15) is 4.79 Å². The molecule has 0 aliphatic carbocycles. The fraction of sp³-hybridized carbons (Fsp3) is 0. The van der Waals surface area contributed by atoms with Crippen molar-refractivity contribution in [2.75, 3.05) is 5.32 Å². The molecule has 0 spiro atoms. The maximum Gasteiger partial charge on any atom is 0.294 e. The lowest BCUT2D eigenvalue weighted by Gasteiger charge is -2.07. The van der Waals surface area contributed by atoms with Gasteiger partial charge in [-0.3, -0.25) is 4.79 Å². The van der Waals surface area contributed by atoms with E-state index in [1.165, 1.54) is 0 Å². The molecule has 0 bridgehead atoms. The number of nitrogens with zero attached hydrogens (tertiary/aromatic N) is 1. The van der Waals surface area contributed by atoms with Crippen LogP contribution in [0.25, 0.3) is 10.8 Å². The van der Waals surface area contributed by atoms with Gasteiger partial charge in [0.05, 0.1) is 0 Å². The molecule has 0 heterocycles. The maximum atomic E-state index is 11.5. The van der Waals surface area contributed by atoms with E-state index < -0.39 is 11.7 Å². The minimum absolute atomic E-state index is 0.474. The Morgan fingerprint density at radius 3 is 2.65 bits per heavy atom. The molecule has 0 fully saturated rings. The van der Waals surface area contributed by atoms with E-state index in [-0.39, 0.29) is 0 Å². The second-order valence-electron chi connectivity index (χ2n) is 3.47. The highest BCUT2D eigenvalue weighted by Gasteiger charge is 2.09. The average molecular weight is 229 g/mol. The van der Waals surface area contributed by atoms with Crippen molar-refractivity contribution >= 4 is 28.2 Å². The lowest BCUT2D eigenvalue weighted by Crippen LogP contribution is -2.30. The van der Waals surface area contributed by atoms with Gasteiger partial charge in [-0.25, -0.2) is 0 Å². The summed E-state index contributed by atoms with van der Waals surface area (Å²) in [6, 6.07) is 13.1. The van der Waals surface area contributed by atoms with Crippen molar-refractivity contribution in [1.82, 2.24) is 0 Å². The molecule has 5 nitrogen and oxygen atoms in total. The molecular weight excluding hydrogens is 218 g/mol. The number of amidine groups is 1. The molecule has 0 atom stereocenters. The molecule has 2 aromatic rings. The van der Waals surface area contributed by atoms with Gasteiger partial charge >= 0.3 is 0 Å². The Labute approximate surface area is 97.5 Å². The van der Waals surface area contributed by atoms with Crippen LogP contribution in [0.2, 0.25) is 0 Å². The number of carbonyl (C=O) groups excluding carboxylic acids is 1. The van der Waals surface area contributed by atoms with E-state index in [1.807, 2.05) is 36.4 Å². The Morgan fingerprint density at radius 2 is 1.88 bits per heavy atom. The number of amides is 1. The molecular formula is C12H11N3O2. The standard InChI is InChI=1S/C12H11N3O2/c13-11(15-17)12(16)14-10-7-3-5-8-4-1-2-6-9(8)10/h1-7,17H,(H2,13,15)(H,14,16). The number of fused-ring (bicyclic) bond motifs is 1. The first-order chi connectivity index (χ1) is 8.22. The second-order valence-corrected chi connectivity index (χ2v) is 3.47. The summed E-state index contributed by atoms with van der Waals surface area (Å²) in [6.45, 7) is 0. The summed E-state index contributed by atoms with van der Waals surface area (Å²) < 4.78 is 0. The Morgan fingerprint density at radius 1 is 1.18 bits per heavy atom. The number of hydrogen-bond acceptors (Lipinski definition) is 3. The van der Waals surface area contributed by atoms with Crippen LogP contribution in [0.4, 0.5) is 5.69 Å². The molecule has 86 valence electrons. The van der Waals surface area contributed by atoms with Crippen molar-refractivity contribution in [2.45, 2.75) is 0 Å².